The molecule has 1 N–H and O–H groups in total. The second-order valence-corrected chi connectivity index (χ2v) is 5.20. The van der Waals surface area contributed by atoms with Crippen molar-refractivity contribution in [2.45, 2.75) is 45.1 Å². The van der Waals surface area contributed by atoms with Crippen LogP contribution in [0.4, 0.5) is 5.13 Å². The first-order valence-electron chi connectivity index (χ1n) is 5.91. The van der Waals surface area contributed by atoms with Gasteiger partial charge < -0.3 is 10.0 Å². The highest BCUT2D eigenvalue weighted by Crippen LogP contribution is 2.38. The predicted octanol–water partition coefficient (Wildman–Crippen LogP) is 2.07. The van der Waals surface area contributed by atoms with Gasteiger partial charge in [0.05, 0.1) is 0 Å². The highest BCUT2D eigenvalue weighted by molar-refractivity contribution is 7.09. The maximum absolute atomic E-state index is 11.6. The number of carboxylic acid groups (broad SMARTS) is 1. The zero-order chi connectivity index (χ0) is 12.5. The molecule has 0 aromatic carbocycles. The molecule has 1 aromatic rings. The van der Waals surface area contributed by atoms with Gasteiger partial charge in [0.15, 0.2) is 0 Å². The number of anilines is 1. The Balaban J connectivity index is 2.34. The molecule has 1 fully saturated rings. The van der Waals surface area contributed by atoms with Crippen LogP contribution in [0.3, 0.4) is 0 Å². The van der Waals surface area contributed by atoms with Gasteiger partial charge in [0.1, 0.15) is 11.4 Å². The number of nitrogens with zero attached hydrogens (tertiary/aromatic N) is 3. The zero-order valence-corrected chi connectivity index (χ0v) is 11.0. The summed E-state index contributed by atoms with van der Waals surface area (Å²) < 4.78 is 4.14. The molecule has 1 aliphatic rings. The van der Waals surface area contributed by atoms with Crippen LogP contribution in [0, 0.1) is 6.92 Å². The Labute approximate surface area is 105 Å². The third kappa shape index (κ3) is 2.01. The van der Waals surface area contributed by atoms with Gasteiger partial charge in [0, 0.05) is 18.1 Å². The maximum atomic E-state index is 11.6. The number of aliphatic carboxylic acids is 1. The van der Waals surface area contributed by atoms with E-state index in [0.717, 1.165) is 24.5 Å². The minimum atomic E-state index is -0.763. The van der Waals surface area contributed by atoms with Crippen LogP contribution in [0.1, 0.15) is 38.4 Å². The minimum absolute atomic E-state index is 0.668. The molecular formula is C11H17N3O2S. The molecule has 5 nitrogen and oxygen atoms in total. The quantitative estimate of drug-likeness (QED) is 0.892. The number of aromatic nitrogens is 2. The first-order valence-corrected chi connectivity index (χ1v) is 6.69. The summed E-state index contributed by atoms with van der Waals surface area (Å²) in [5.41, 5.74) is -0.763. The normalized spacial score (nSPS) is 24.2. The van der Waals surface area contributed by atoms with Crippen molar-refractivity contribution in [3.05, 3.63) is 5.82 Å². The van der Waals surface area contributed by atoms with Crippen LogP contribution in [-0.4, -0.2) is 32.5 Å². The van der Waals surface area contributed by atoms with Crippen molar-refractivity contribution >= 4 is 22.6 Å². The largest absolute Gasteiger partial charge is 0.479 e. The van der Waals surface area contributed by atoms with Crippen molar-refractivity contribution in [2.24, 2.45) is 0 Å². The van der Waals surface area contributed by atoms with Crippen molar-refractivity contribution < 1.29 is 9.90 Å². The summed E-state index contributed by atoms with van der Waals surface area (Å²) in [5.74, 6) is -0.0163. The summed E-state index contributed by atoms with van der Waals surface area (Å²) in [6, 6.07) is 0. The van der Waals surface area contributed by atoms with E-state index in [2.05, 4.69) is 9.36 Å². The Morgan fingerprint density at radius 2 is 2.41 bits per heavy atom. The van der Waals surface area contributed by atoms with E-state index in [1.54, 1.807) is 0 Å². The Bertz CT molecular complexity index is 421. The molecule has 0 aliphatic carbocycles. The van der Waals surface area contributed by atoms with Crippen molar-refractivity contribution in [1.29, 1.82) is 0 Å². The number of hydrogen-bond donors (Lipinski definition) is 1. The van der Waals surface area contributed by atoms with E-state index >= 15 is 0 Å². The summed E-state index contributed by atoms with van der Waals surface area (Å²) >= 11 is 1.29. The smallest absolute Gasteiger partial charge is 0.329 e. The Morgan fingerprint density at radius 3 is 2.94 bits per heavy atom. The van der Waals surface area contributed by atoms with Crippen molar-refractivity contribution in [2.75, 3.05) is 11.4 Å². The summed E-state index contributed by atoms with van der Waals surface area (Å²) in [5, 5.41) is 10.3. The van der Waals surface area contributed by atoms with Gasteiger partial charge in [-0.05, 0) is 26.2 Å². The third-order valence-electron chi connectivity index (χ3n) is 3.30. The SMILES string of the molecule is CCCC1(C(=O)O)CCCN1c1nc(C)ns1. The third-order valence-corrected chi connectivity index (χ3v) is 4.13. The zero-order valence-electron chi connectivity index (χ0n) is 10.1. The second kappa shape index (κ2) is 4.60. The molecule has 0 radical (unpaired) electrons. The summed E-state index contributed by atoms with van der Waals surface area (Å²) in [6.07, 6.45) is 3.14. The van der Waals surface area contributed by atoms with Crippen LogP contribution in [0.15, 0.2) is 0 Å². The molecule has 2 rings (SSSR count). The lowest BCUT2D eigenvalue weighted by molar-refractivity contribution is -0.143. The van der Waals surface area contributed by atoms with E-state index in [0.29, 0.717) is 18.7 Å². The average molecular weight is 255 g/mol. The lowest BCUT2D eigenvalue weighted by Gasteiger charge is -2.34. The van der Waals surface area contributed by atoms with Crippen LogP contribution in [0.2, 0.25) is 0 Å². The van der Waals surface area contributed by atoms with Crippen LogP contribution >= 0.6 is 11.5 Å². The molecule has 6 heteroatoms. The fourth-order valence-electron chi connectivity index (χ4n) is 2.56. The van der Waals surface area contributed by atoms with Gasteiger partial charge in [0.25, 0.3) is 0 Å². The second-order valence-electron chi connectivity index (χ2n) is 4.47. The van der Waals surface area contributed by atoms with E-state index in [9.17, 15) is 9.90 Å². The van der Waals surface area contributed by atoms with Gasteiger partial charge in [-0.25, -0.2) is 9.78 Å². The van der Waals surface area contributed by atoms with Gasteiger partial charge in [-0.1, -0.05) is 13.3 Å². The molecule has 0 amide bonds. The predicted molar refractivity (Wildman–Crippen MR) is 66.5 cm³/mol. The van der Waals surface area contributed by atoms with Crippen LogP contribution in [0.25, 0.3) is 0 Å². The van der Waals surface area contributed by atoms with E-state index in [1.807, 2.05) is 18.7 Å². The number of aryl methyl sites for hydroxylation is 1. The molecule has 2 heterocycles. The Kier molecular flexibility index (Phi) is 3.33. The van der Waals surface area contributed by atoms with E-state index in [4.69, 9.17) is 0 Å². The fourth-order valence-corrected chi connectivity index (χ4v) is 3.35. The molecule has 0 saturated carbocycles. The summed E-state index contributed by atoms with van der Waals surface area (Å²) in [7, 11) is 0. The van der Waals surface area contributed by atoms with Crippen LogP contribution in [0.5, 0.6) is 0 Å². The monoisotopic (exact) mass is 255 g/mol. The van der Waals surface area contributed by atoms with Gasteiger partial charge in [0.2, 0.25) is 5.13 Å². The molecule has 0 bridgehead atoms. The van der Waals surface area contributed by atoms with E-state index in [-0.39, 0.29) is 0 Å². The fraction of sp³-hybridized carbons (Fsp3) is 0.727. The standard InChI is InChI=1S/C11H17N3O2S/c1-3-5-11(9(15)16)6-4-7-14(11)10-12-8(2)13-17-10/h3-7H2,1-2H3,(H,15,16). The van der Waals surface area contributed by atoms with E-state index in [1.165, 1.54) is 11.5 Å². The lowest BCUT2D eigenvalue weighted by Crippen LogP contribution is -2.50. The minimum Gasteiger partial charge on any atom is -0.479 e. The van der Waals surface area contributed by atoms with E-state index < -0.39 is 11.5 Å². The highest BCUT2D eigenvalue weighted by atomic mass is 32.1. The molecule has 0 spiro atoms. The highest BCUT2D eigenvalue weighted by Gasteiger charge is 2.48. The molecular weight excluding hydrogens is 238 g/mol. The van der Waals surface area contributed by atoms with Crippen molar-refractivity contribution in [1.82, 2.24) is 9.36 Å². The first-order chi connectivity index (χ1) is 8.10. The summed E-state index contributed by atoms with van der Waals surface area (Å²) in [6.45, 7) is 4.62. The molecule has 17 heavy (non-hydrogen) atoms. The van der Waals surface area contributed by atoms with Gasteiger partial charge in [-0.3, -0.25) is 0 Å². The average Bonchev–Trinajstić information content (AvgIpc) is 2.85. The number of carbonyl (C=O) groups is 1. The molecule has 1 atom stereocenters. The van der Waals surface area contributed by atoms with Gasteiger partial charge in [-0.15, -0.1) is 0 Å². The first kappa shape index (κ1) is 12.3. The number of carboxylic acids is 1. The Hall–Kier alpha value is -1.17. The van der Waals surface area contributed by atoms with Gasteiger partial charge >= 0.3 is 5.97 Å². The summed E-state index contributed by atoms with van der Waals surface area (Å²) in [4.78, 5) is 17.9. The van der Waals surface area contributed by atoms with Crippen LogP contribution < -0.4 is 4.90 Å². The molecule has 94 valence electrons. The molecule has 1 saturated heterocycles. The molecule has 1 aromatic heterocycles. The van der Waals surface area contributed by atoms with Crippen molar-refractivity contribution in [3.8, 4) is 0 Å². The lowest BCUT2D eigenvalue weighted by atomic mass is 9.91. The Morgan fingerprint density at radius 1 is 1.65 bits per heavy atom. The van der Waals surface area contributed by atoms with Crippen molar-refractivity contribution in [3.63, 3.8) is 0 Å². The topological polar surface area (TPSA) is 66.3 Å². The van der Waals surface area contributed by atoms with Crippen LogP contribution in [-0.2, 0) is 4.79 Å². The molecule has 1 aliphatic heterocycles. The molecule has 1 unspecified atom stereocenters. The number of hydrogen-bond acceptors (Lipinski definition) is 5. The maximum Gasteiger partial charge on any atom is 0.329 e. The number of rotatable bonds is 4. The van der Waals surface area contributed by atoms with Gasteiger partial charge in [-0.2, -0.15) is 4.37 Å².